The maximum Gasteiger partial charge on any atom is 0.312 e. The first-order valence-electron chi connectivity index (χ1n) is 15.7. The Morgan fingerprint density at radius 1 is 0.810 bits per heavy atom. The molecule has 7 fully saturated rings. The Kier molecular flexibility index (Phi) is 14.1. The number of esters is 3. The highest BCUT2D eigenvalue weighted by Gasteiger charge is 2.57. The normalized spacial score (nSPS) is 39.3. The zero-order chi connectivity index (χ0) is 27.2. The Morgan fingerprint density at radius 3 is 1.88 bits per heavy atom. The standard InChI is InChI=1S/C16H24O4.C16H26O2.4CH4/c1-3-9(2)15(17)19-8-13-12-7-14(20-16(13)18)11-6-4-5-10(11)12;1-4-10(2)15(17)18-16(3)13-6-11-5-12(8-13)9-14(16)7-11;;;;/h9-14H,3-8H2,1-2H3;10-14H,4-9H2,1-3H3;4*1H4. The number of hydrogen-bond acceptors (Lipinski definition) is 6. The minimum Gasteiger partial charge on any atom is -0.465 e. The molecular formula is C36H66O6. The summed E-state index contributed by atoms with van der Waals surface area (Å²) in [5.74, 6) is 4.13. The summed E-state index contributed by atoms with van der Waals surface area (Å²) in [5, 5.41) is 0. The molecule has 6 bridgehead atoms. The number of fused-ring (bicyclic) bond motifs is 5. The van der Waals surface area contributed by atoms with Crippen LogP contribution in [0.5, 0.6) is 0 Å². The van der Waals surface area contributed by atoms with E-state index in [1.807, 2.05) is 20.8 Å². The molecular weight excluding hydrogens is 528 g/mol. The van der Waals surface area contributed by atoms with E-state index in [-0.39, 0.29) is 83.7 Å². The van der Waals surface area contributed by atoms with Crippen LogP contribution < -0.4 is 0 Å². The van der Waals surface area contributed by atoms with Gasteiger partial charge in [-0.15, -0.1) is 0 Å². The first-order chi connectivity index (χ1) is 18.1. The molecule has 7 unspecified atom stereocenters. The number of hydrogen-bond donors (Lipinski definition) is 0. The molecule has 1 saturated heterocycles. The van der Waals surface area contributed by atoms with E-state index in [0.717, 1.165) is 31.1 Å². The number of ether oxygens (including phenoxy) is 3. The highest BCUT2D eigenvalue weighted by molar-refractivity contribution is 5.76. The molecule has 6 heteroatoms. The topological polar surface area (TPSA) is 78.9 Å². The smallest absolute Gasteiger partial charge is 0.312 e. The van der Waals surface area contributed by atoms with Crippen LogP contribution in [0.1, 0.15) is 135 Å². The lowest BCUT2D eigenvalue weighted by Crippen LogP contribution is -2.58. The molecule has 6 saturated carbocycles. The molecule has 1 heterocycles. The fourth-order valence-electron chi connectivity index (χ4n) is 9.08. The molecule has 0 aromatic carbocycles. The summed E-state index contributed by atoms with van der Waals surface area (Å²) in [6.45, 7) is 10.3. The van der Waals surface area contributed by atoms with E-state index in [1.54, 1.807) is 0 Å². The van der Waals surface area contributed by atoms with Crippen molar-refractivity contribution in [1.29, 1.82) is 0 Å². The van der Waals surface area contributed by atoms with E-state index < -0.39 is 0 Å². The van der Waals surface area contributed by atoms with Gasteiger partial charge in [0, 0.05) is 0 Å². The molecule has 42 heavy (non-hydrogen) atoms. The molecule has 7 rings (SSSR count). The van der Waals surface area contributed by atoms with Crippen molar-refractivity contribution in [2.45, 2.75) is 147 Å². The third-order valence-electron chi connectivity index (χ3n) is 11.8. The first kappa shape index (κ1) is 38.4. The van der Waals surface area contributed by atoms with Crippen molar-refractivity contribution in [1.82, 2.24) is 0 Å². The van der Waals surface area contributed by atoms with Gasteiger partial charge < -0.3 is 14.2 Å². The Labute approximate surface area is 258 Å². The summed E-state index contributed by atoms with van der Waals surface area (Å²) in [6.07, 6.45) is 13.1. The Hall–Kier alpha value is -1.59. The van der Waals surface area contributed by atoms with Crippen LogP contribution in [0.2, 0.25) is 0 Å². The van der Waals surface area contributed by atoms with Crippen LogP contribution in [0, 0.1) is 59.2 Å². The van der Waals surface area contributed by atoms with Gasteiger partial charge in [-0.1, -0.05) is 63.8 Å². The van der Waals surface area contributed by atoms with Gasteiger partial charge in [-0.25, -0.2) is 0 Å². The molecule has 7 atom stereocenters. The maximum atomic E-state index is 12.1. The summed E-state index contributed by atoms with van der Waals surface area (Å²) in [7, 11) is 0. The second kappa shape index (κ2) is 15.4. The van der Waals surface area contributed by atoms with Gasteiger partial charge in [-0.3, -0.25) is 14.4 Å². The minimum absolute atomic E-state index is 0. The van der Waals surface area contributed by atoms with Gasteiger partial charge in [-0.2, -0.15) is 0 Å². The van der Waals surface area contributed by atoms with Crippen LogP contribution in [0.15, 0.2) is 0 Å². The average Bonchev–Trinajstić information content (AvgIpc) is 3.49. The molecule has 246 valence electrons. The van der Waals surface area contributed by atoms with E-state index in [0.29, 0.717) is 29.6 Å². The van der Waals surface area contributed by atoms with Crippen LogP contribution >= 0.6 is 0 Å². The van der Waals surface area contributed by atoms with Gasteiger partial charge >= 0.3 is 17.9 Å². The van der Waals surface area contributed by atoms with Gasteiger partial charge in [0.15, 0.2) is 0 Å². The largest absolute Gasteiger partial charge is 0.465 e. The highest BCUT2D eigenvalue weighted by atomic mass is 16.6. The third kappa shape index (κ3) is 7.20. The molecule has 6 nitrogen and oxygen atoms in total. The van der Waals surface area contributed by atoms with E-state index >= 15 is 0 Å². The van der Waals surface area contributed by atoms with Crippen molar-refractivity contribution in [3.8, 4) is 0 Å². The third-order valence-corrected chi connectivity index (χ3v) is 11.8. The average molecular weight is 595 g/mol. The quantitative estimate of drug-likeness (QED) is 0.216. The summed E-state index contributed by atoms with van der Waals surface area (Å²) in [4.78, 5) is 36.1. The van der Waals surface area contributed by atoms with Gasteiger partial charge in [0.2, 0.25) is 0 Å². The zero-order valence-electron chi connectivity index (χ0n) is 24.3. The minimum atomic E-state index is -0.229. The second-order valence-electron chi connectivity index (χ2n) is 13.9. The fraction of sp³-hybridized carbons (Fsp3) is 0.917. The lowest BCUT2D eigenvalue weighted by atomic mass is 9.50. The van der Waals surface area contributed by atoms with E-state index in [9.17, 15) is 14.4 Å². The highest BCUT2D eigenvalue weighted by Crippen LogP contribution is 2.59. The molecule has 6 aliphatic carbocycles. The Balaban J connectivity index is 0.000000385. The van der Waals surface area contributed by atoms with Gasteiger partial charge in [0.1, 0.15) is 18.3 Å². The van der Waals surface area contributed by atoms with Crippen LogP contribution in [-0.2, 0) is 28.6 Å². The Morgan fingerprint density at radius 2 is 1.33 bits per heavy atom. The number of carbonyl (C=O) groups excluding carboxylic acids is 3. The van der Waals surface area contributed by atoms with E-state index in [4.69, 9.17) is 14.2 Å². The lowest BCUT2D eigenvalue weighted by Gasteiger charge is -2.59. The van der Waals surface area contributed by atoms with Crippen LogP contribution in [-0.4, -0.2) is 36.2 Å². The molecule has 1 aliphatic heterocycles. The van der Waals surface area contributed by atoms with Crippen LogP contribution in [0.3, 0.4) is 0 Å². The predicted octanol–water partition coefficient (Wildman–Crippen LogP) is 8.89. The van der Waals surface area contributed by atoms with E-state index in [1.165, 1.54) is 51.4 Å². The maximum absolute atomic E-state index is 12.1. The summed E-state index contributed by atoms with van der Waals surface area (Å²) in [5.41, 5.74) is -0.145. The SMILES string of the molecule is C.C.C.C.CCC(C)C(=O)OC1(C)C2CC3CC(C2)CC1C3.CCC(C)C(=O)OCC1C(=O)OC2CC1C1CCCC21. The molecule has 7 aliphatic rings. The monoisotopic (exact) mass is 594 g/mol. The van der Waals surface area contributed by atoms with Gasteiger partial charge in [0.05, 0.1) is 17.8 Å². The molecule has 0 spiro atoms. The summed E-state index contributed by atoms with van der Waals surface area (Å²) < 4.78 is 17.0. The molecule has 0 radical (unpaired) electrons. The predicted molar refractivity (Wildman–Crippen MR) is 171 cm³/mol. The van der Waals surface area contributed by atoms with Crippen molar-refractivity contribution >= 4 is 17.9 Å². The van der Waals surface area contributed by atoms with Gasteiger partial charge in [0.25, 0.3) is 0 Å². The molecule has 0 N–H and O–H groups in total. The fourth-order valence-corrected chi connectivity index (χ4v) is 9.08. The van der Waals surface area contributed by atoms with E-state index in [2.05, 4.69) is 13.8 Å². The first-order valence-corrected chi connectivity index (χ1v) is 15.7. The second-order valence-corrected chi connectivity index (χ2v) is 13.9. The van der Waals surface area contributed by atoms with Crippen LogP contribution in [0.4, 0.5) is 0 Å². The number of rotatable bonds is 7. The molecule has 0 aromatic heterocycles. The van der Waals surface area contributed by atoms with Crippen molar-refractivity contribution in [3.05, 3.63) is 0 Å². The van der Waals surface area contributed by atoms with Crippen molar-refractivity contribution < 1.29 is 28.6 Å². The molecule has 0 aromatic rings. The van der Waals surface area contributed by atoms with Gasteiger partial charge in [-0.05, 0) is 113 Å². The Bertz CT molecular complexity index is 869. The van der Waals surface area contributed by atoms with Crippen LogP contribution in [0.25, 0.3) is 0 Å². The summed E-state index contributed by atoms with van der Waals surface area (Å²) >= 11 is 0. The molecule has 0 amide bonds. The number of carbonyl (C=O) groups is 3. The lowest BCUT2D eigenvalue weighted by molar-refractivity contribution is -0.206. The zero-order valence-corrected chi connectivity index (χ0v) is 24.3. The van der Waals surface area contributed by atoms with Crippen molar-refractivity contribution in [2.75, 3.05) is 6.61 Å². The van der Waals surface area contributed by atoms with Crippen molar-refractivity contribution in [3.63, 3.8) is 0 Å². The van der Waals surface area contributed by atoms with Crippen molar-refractivity contribution in [2.24, 2.45) is 59.2 Å². The summed E-state index contributed by atoms with van der Waals surface area (Å²) in [6, 6.07) is 0.